The smallest absolute Gasteiger partial charge is 0.255 e. The number of ether oxygens (including phenoxy) is 1. The molecule has 2 unspecified atom stereocenters. The molecule has 2 atom stereocenters. The molecule has 0 bridgehead atoms. The number of hydrogen-bond acceptors (Lipinski definition) is 4. The van der Waals surface area contributed by atoms with E-state index in [4.69, 9.17) is 4.74 Å². The van der Waals surface area contributed by atoms with Crippen LogP contribution in [0.3, 0.4) is 0 Å². The van der Waals surface area contributed by atoms with Gasteiger partial charge in [-0.15, -0.1) is 0 Å². The average Bonchev–Trinajstić information content (AvgIpc) is 2.43. The standard InChI is InChI=1S/C13H18N2O3S/c1-9(19(2)17)8-15-13(16)10-4-3-5-11-12(10)18-7-6-14-11/h3-5,9,14H,6-8H2,1-2H3,(H,15,16). The molecule has 1 heterocycles. The Kier molecular flexibility index (Phi) is 4.42. The van der Waals surface area contributed by atoms with Crippen LogP contribution in [0.4, 0.5) is 5.69 Å². The van der Waals surface area contributed by atoms with E-state index in [0.29, 0.717) is 24.5 Å². The van der Waals surface area contributed by atoms with Crippen molar-refractivity contribution >= 4 is 22.4 Å². The van der Waals surface area contributed by atoms with E-state index in [9.17, 15) is 9.00 Å². The van der Waals surface area contributed by atoms with Crippen molar-refractivity contribution in [1.82, 2.24) is 5.32 Å². The molecule has 0 spiro atoms. The largest absolute Gasteiger partial charge is 0.489 e. The second-order valence-corrected chi connectivity index (χ2v) is 6.28. The number of fused-ring (bicyclic) bond motifs is 1. The predicted molar refractivity (Wildman–Crippen MR) is 76.3 cm³/mol. The first-order valence-corrected chi connectivity index (χ1v) is 7.82. The first-order chi connectivity index (χ1) is 9.09. The van der Waals surface area contributed by atoms with E-state index >= 15 is 0 Å². The number of benzene rings is 1. The van der Waals surface area contributed by atoms with Crippen LogP contribution in [-0.2, 0) is 10.8 Å². The molecule has 0 saturated heterocycles. The molecular weight excluding hydrogens is 264 g/mol. The summed E-state index contributed by atoms with van der Waals surface area (Å²) in [6.45, 7) is 3.52. The number of carbonyl (C=O) groups is 1. The van der Waals surface area contributed by atoms with Gasteiger partial charge in [0, 0.05) is 35.4 Å². The van der Waals surface area contributed by atoms with Crippen LogP contribution in [-0.4, -0.2) is 41.3 Å². The molecule has 6 heteroatoms. The van der Waals surface area contributed by atoms with E-state index < -0.39 is 10.8 Å². The Labute approximate surface area is 115 Å². The highest BCUT2D eigenvalue weighted by molar-refractivity contribution is 7.84. The van der Waals surface area contributed by atoms with Gasteiger partial charge in [-0.3, -0.25) is 9.00 Å². The van der Waals surface area contributed by atoms with Crippen molar-refractivity contribution in [1.29, 1.82) is 0 Å². The minimum absolute atomic E-state index is 0.0671. The third-order valence-electron chi connectivity index (χ3n) is 3.04. The molecule has 104 valence electrons. The van der Waals surface area contributed by atoms with Gasteiger partial charge in [0.15, 0.2) is 5.75 Å². The summed E-state index contributed by atoms with van der Waals surface area (Å²) >= 11 is 0. The number of rotatable bonds is 4. The lowest BCUT2D eigenvalue weighted by molar-refractivity contribution is 0.0950. The van der Waals surface area contributed by atoms with Crippen molar-refractivity contribution in [2.75, 3.05) is 31.3 Å². The normalized spacial score (nSPS) is 16.5. The second kappa shape index (κ2) is 6.06. The molecule has 19 heavy (non-hydrogen) atoms. The molecule has 1 aromatic carbocycles. The molecule has 5 nitrogen and oxygen atoms in total. The Morgan fingerprint density at radius 3 is 3.11 bits per heavy atom. The lowest BCUT2D eigenvalue weighted by Gasteiger charge is -2.21. The molecule has 0 aliphatic carbocycles. The van der Waals surface area contributed by atoms with E-state index in [1.54, 1.807) is 12.3 Å². The van der Waals surface area contributed by atoms with Crippen molar-refractivity contribution in [3.05, 3.63) is 23.8 Å². The van der Waals surface area contributed by atoms with Gasteiger partial charge in [-0.2, -0.15) is 0 Å². The topological polar surface area (TPSA) is 67.4 Å². The monoisotopic (exact) mass is 282 g/mol. The molecule has 0 fully saturated rings. The maximum Gasteiger partial charge on any atom is 0.255 e. The molecule has 0 radical (unpaired) electrons. The summed E-state index contributed by atoms with van der Waals surface area (Å²) in [4.78, 5) is 12.1. The molecule has 2 N–H and O–H groups in total. The number of carbonyl (C=O) groups excluding carboxylic acids is 1. The highest BCUT2D eigenvalue weighted by Crippen LogP contribution is 2.30. The van der Waals surface area contributed by atoms with Gasteiger partial charge in [0.2, 0.25) is 0 Å². The van der Waals surface area contributed by atoms with E-state index in [2.05, 4.69) is 10.6 Å². The van der Waals surface area contributed by atoms with Gasteiger partial charge in [0.05, 0.1) is 11.3 Å². The molecule has 1 aliphatic rings. The van der Waals surface area contributed by atoms with Crippen LogP contribution in [0.25, 0.3) is 0 Å². The number of anilines is 1. The van der Waals surface area contributed by atoms with Crippen LogP contribution in [0, 0.1) is 0 Å². The Hall–Kier alpha value is -1.56. The molecule has 0 aromatic heterocycles. The van der Waals surface area contributed by atoms with Crippen LogP contribution in [0.2, 0.25) is 0 Å². The fourth-order valence-corrected chi connectivity index (χ4v) is 2.12. The lowest BCUT2D eigenvalue weighted by Crippen LogP contribution is -2.33. The second-order valence-electron chi connectivity index (χ2n) is 4.48. The molecule has 1 aliphatic heterocycles. The van der Waals surface area contributed by atoms with Crippen molar-refractivity contribution in [2.24, 2.45) is 0 Å². The molecule has 1 aromatic rings. The van der Waals surface area contributed by atoms with Crippen LogP contribution < -0.4 is 15.4 Å². The van der Waals surface area contributed by atoms with Crippen LogP contribution in [0.5, 0.6) is 5.75 Å². The van der Waals surface area contributed by atoms with Gasteiger partial charge in [0.1, 0.15) is 6.61 Å². The van der Waals surface area contributed by atoms with Crippen molar-refractivity contribution < 1.29 is 13.7 Å². The number of amides is 1. The molecular formula is C13H18N2O3S. The fraction of sp³-hybridized carbons (Fsp3) is 0.462. The summed E-state index contributed by atoms with van der Waals surface area (Å²) in [6.07, 6.45) is 1.63. The van der Waals surface area contributed by atoms with Crippen LogP contribution >= 0.6 is 0 Å². The third kappa shape index (κ3) is 3.26. The highest BCUT2D eigenvalue weighted by Gasteiger charge is 2.19. The minimum Gasteiger partial charge on any atom is -0.489 e. The van der Waals surface area contributed by atoms with Gasteiger partial charge in [0.25, 0.3) is 5.91 Å². The van der Waals surface area contributed by atoms with E-state index in [0.717, 1.165) is 12.2 Å². The maximum atomic E-state index is 12.1. The van der Waals surface area contributed by atoms with Gasteiger partial charge in [-0.05, 0) is 19.1 Å². The Balaban J connectivity index is 2.09. The zero-order valence-corrected chi connectivity index (χ0v) is 11.9. The predicted octanol–water partition coefficient (Wildman–Crippen LogP) is 0.988. The Bertz CT molecular complexity index is 505. The third-order valence-corrected chi connectivity index (χ3v) is 4.34. The van der Waals surface area contributed by atoms with Crippen LogP contribution in [0.15, 0.2) is 18.2 Å². The fourth-order valence-electron chi connectivity index (χ4n) is 1.80. The first-order valence-electron chi connectivity index (χ1n) is 6.19. The number of para-hydroxylation sites is 1. The summed E-state index contributed by atoms with van der Waals surface area (Å²) in [6, 6.07) is 5.43. The summed E-state index contributed by atoms with van der Waals surface area (Å²) in [5.41, 5.74) is 1.35. The van der Waals surface area contributed by atoms with Gasteiger partial charge in [-0.1, -0.05) is 6.07 Å². The Morgan fingerprint density at radius 2 is 2.37 bits per heavy atom. The summed E-state index contributed by atoms with van der Waals surface area (Å²) in [5, 5.41) is 5.91. The number of nitrogens with one attached hydrogen (secondary N) is 2. The first kappa shape index (κ1) is 13.9. The SMILES string of the molecule is CC(CNC(=O)c1cccc2c1OCCN2)S(C)=O. The summed E-state index contributed by atoms with van der Waals surface area (Å²) in [7, 11) is -0.943. The van der Waals surface area contributed by atoms with Crippen molar-refractivity contribution in [3.63, 3.8) is 0 Å². The lowest BCUT2D eigenvalue weighted by atomic mass is 10.1. The van der Waals surface area contributed by atoms with Crippen molar-refractivity contribution in [2.45, 2.75) is 12.2 Å². The van der Waals surface area contributed by atoms with Gasteiger partial charge in [-0.25, -0.2) is 0 Å². The summed E-state index contributed by atoms with van der Waals surface area (Å²) < 4.78 is 16.8. The van der Waals surface area contributed by atoms with Crippen LogP contribution in [0.1, 0.15) is 17.3 Å². The van der Waals surface area contributed by atoms with E-state index in [1.165, 1.54) is 0 Å². The summed E-state index contributed by atoms with van der Waals surface area (Å²) in [5.74, 6) is 0.398. The minimum atomic E-state index is -0.943. The zero-order chi connectivity index (χ0) is 13.8. The highest BCUT2D eigenvalue weighted by atomic mass is 32.2. The van der Waals surface area contributed by atoms with E-state index in [1.807, 2.05) is 19.1 Å². The maximum absolute atomic E-state index is 12.1. The molecule has 0 saturated carbocycles. The van der Waals surface area contributed by atoms with Gasteiger partial charge >= 0.3 is 0 Å². The quantitative estimate of drug-likeness (QED) is 0.864. The van der Waals surface area contributed by atoms with Gasteiger partial charge < -0.3 is 15.4 Å². The zero-order valence-electron chi connectivity index (χ0n) is 11.1. The van der Waals surface area contributed by atoms with Crippen molar-refractivity contribution in [3.8, 4) is 5.75 Å². The average molecular weight is 282 g/mol. The number of hydrogen-bond donors (Lipinski definition) is 2. The molecule has 2 rings (SSSR count). The Morgan fingerprint density at radius 1 is 1.58 bits per heavy atom. The molecule has 1 amide bonds. The van der Waals surface area contributed by atoms with E-state index in [-0.39, 0.29) is 11.2 Å².